The first-order valence-electron chi connectivity index (χ1n) is 6.69. The van der Waals surface area contributed by atoms with Crippen LogP contribution in [0.15, 0.2) is 47.6 Å². The summed E-state index contributed by atoms with van der Waals surface area (Å²) in [5.74, 6) is -0.762. The maximum atomic E-state index is 14.1. The predicted molar refractivity (Wildman–Crippen MR) is 82.8 cm³/mol. The molecule has 0 amide bonds. The molecule has 2 aromatic carbocycles. The molecule has 0 fully saturated rings. The van der Waals surface area contributed by atoms with Gasteiger partial charge < -0.3 is 15.8 Å². The van der Waals surface area contributed by atoms with Crippen molar-refractivity contribution in [2.45, 2.75) is 13.8 Å². The molecule has 2 rings (SSSR count). The number of rotatable bonds is 4. The Morgan fingerprint density at radius 3 is 2.48 bits per heavy atom. The fourth-order valence-electron chi connectivity index (χ4n) is 2.26. The summed E-state index contributed by atoms with van der Waals surface area (Å²) in [5, 5.41) is 11.8. The summed E-state index contributed by atoms with van der Waals surface area (Å²) in [6.07, 6.45) is 0. The van der Waals surface area contributed by atoms with Crippen LogP contribution in [0.25, 0.3) is 0 Å². The van der Waals surface area contributed by atoms with Gasteiger partial charge in [-0.3, -0.25) is 0 Å². The average Bonchev–Trinajstić information content (AvgIpc) is 2.49. The van der Waals surface area contributed by atoms with E-state index in [2.05, 4.69) is 5.16 Å². The number of aryl methyl sites for hydroxylation is 1. The number of anilines is 2. The van der Waals surface area contributed by atoms with Crippen LogP contribution < -0.4 is 10.6 Å². The molecule has 0 bridgehead atoms. The van der Waals surface area contributed by atoms with E-state index in [0.717, 1.165) is 11.3 Å². The fraction of sp³-hybridized carbons (Fsp3) is 0.188. The van der Waals surface area contributed by atoms with Crippen LogP contribution in [0.3, 0.4) is 0 Å². The Balaban J connectivity index is 2.57. The Hall–Kier alpha value is -2.56. The number of nitrogens with two attached hydrogens (primary N) is 1. The molecule has 0 atom stereocenters. The van der Waals surface area contributed by atoms with Crippen LogP contribution >= 0.6 is 0 Å². The lowest BCUT2D eigenvalue weighted by Crippen LogP contribution is -2.23. The number of hydrogen-bond acceptors (Lipinski definition) is 3. The summed E-state index contributed by atoms with van der Waals surface area (Å²) in [7, 11) is 0. The summed E-state index contributed by atoms with van der Waals surface area (Å²) in [4.78, 5) is 1.91. The van der Waals surface area contributed by atoms with E-state index in [0.29, 0.717) is 12.2 Å². The molecule has 5 heteroatoms. The number of oxime groups is 1. The van der Waals surface area contributed by atoms with Crippen LogP contribution in [-0.4, -0.2) is 17.6 Å². The Morgan fingerprint density at radius 2 is 1.90 bits per heavy atom. The number of halogens is 1. The first-order chi connectivity index (χ1) is 10.1. The minimum Gasteiger partial charge on any atom is -0.409 e. The van der Waals surface area contributed by atoms with Crippen molar-refractivity contribution in [1.82, 2.24) is 0 Å². The van der Waals surface area contributed by atoms with Gasteiger partial charge in [0.1, 0.15) is 5.82 Å². The maximum absolute atomic E-state index is 14.1. The molecule has 0 spiro atoms. The summed E-state index contributed by atoms with van der Waals surface area (Å²) < 4.78 is 14.1. The third kappa shape index (κ3) is 2.97. The molecule has 0 unspecified atom stereocenters. The van der Waals surface area contributed by atoms with Gasteiger partial charge in [-0.25, -0.2) is 4.39 Å². The van der Waals surface area contributed by atoms with E-state index in [9.17, 15) is 4.39 Å². The quantitative estimate of drug-likeness (QED) is 0.392. The topological polar surface area (TPSA) is 61.8 Å². The van der Waals surface area contributed by atoms with Crippen molar-refractivity contribution >= 4 is 17.2 Å². The van der Waals surface area contributed by atoms with Crippen LogP contribution in [0.1, 0.15) is 18.1 Å². The van der Waals surface area contributed by atoms with Gasteiger partial charge in [-0.05, 0) is 38.1 Å². The maximum Gasteiger partial charge on any atom is 0.175 e. The van der Waals surface area contributed by atoms with Gasteiger partial charge in [0.15, 0.2) is 5.84 Å². The van der Waals surface area contributed by atoms with Crippen molar-refractivity contribution in [3.8, 4) is 0 Å². The van der Waals surface area contributed by atoms with Gasteiger partial charge in [0, 0.05) is 12.2 Å². The van der Waals surface area contributed by atoms with Crippen molar-refractivity contribution < 1.29 is 9.60 Å². The van der Waals surface area contributed by atoms with Crippen LogP contribution in [0.4, 0.5) is 15.8 Å². The molecule has 21 heavy (non-hydrogen) atoms. The molecule has 110 valence electrons. The van der Waals surface area contributed by atoms with Crippen LogP contribution in [-0.2, 0) is 0 Å². The van der Waals surface area contributed by atoms with Crippen LogP contribution in [0.5, 0.6) is 0 Å². The molecule has 0 aliphatic rings. The highest BCUT2D eigenvalue weighted by Gasteiger charge is 2.18. The van der Waals surface area contributed by atoms with Gasteiger partial charge in [0.05, 0.1) is 11.3 Å². The molecule has 3 N–H and O–H groups in total. The number of benzene rings is 2. The molecule has 0 saturated carbocycles. The van der Waals surface area contributed by atoms with E-state index < -0.39 is 5.82 Å². The zero-order valence-electron chi connectivity index (χ0n) is 12.0. The van der Waals surface area contributed by atoms with Gasteiger partial charge in [-0.15, -0.1) is 0 Å². The Bertz CT molecular complexity index is 653. The van der Waals surface area contributed by atoms with Gasteiger partial charge in [0.25, 0.3) is 0 Å². The average molecular weight is 287 g/mol. The van der Waals surface area contributed by atoms with E-state index in [1.807, 2.05) is 43.0 Å². The molecular weight excluding hydrogens is 269 g/mol. The van der Waals surface area contributed by atoms with Gasteiger partial charge >= 0.3 is 0 Å². The van der Waals surface area contributed by atoms with Crippen LogP contribution in [0, 0.1) is 12.7 Å². The van der Waals surface area contributed by atoms with E-state index in [1.54, 1.807) is 12.1 Å². The lowest BCUT2D eigenvalue weighted by molar-refractivity contribution is 0.318. The lowest BCUT2D eigenvalue weighted by Gasteiger charge is -2.26. The second kappa shape index (κ2) is 6.26. The van der Waals surface area contributed by atoms with E-state index >= 15 is 0 Å². The Labute approximate surface area is 123 Å². The molecule has 0 radical (unpaired) electrons. The largest absolute Gasteiger partial charge is 0.409 e. The third-order valence-corrected chi connectivity index (χ3v) is 3.31. The SMILES string of the molecule is CCN(c1ccc(C)cc1)c1cccc(F)c1C(N)=NO. The van der Waals surface area contributed by atoms with E-state index in [-0.39, 0.29) is 11.4 Å². The van der Waals surface area contributed by atoms with E-state index in [4.69, 9.17) is 10.9 Å². The zero-order valence-corrected chi connectivity index (χ0v) is 12.0. The van der Waals surface area contributed by atoms with Crippen molar-refractivity contribution in [2.75, 3.05) is 11.4 Å². The summed E-state index contributed by atoms with van der Waals surface area (Å²) in [6.45, 7) is 4.59. The zero-order chi connectivity index (χ0) is 15.4. The predicted octanol–water partition coefficient (Wildman–Crippen LogP) is 3.39. The molecule has 4 nitrogen and oxygen atoms in total. The smallest absolute Gasteiger partial charge is 0.175 e. The molecule has 0 aliphatic carbocycles. The minimum absolute atomic E-state index is 0.0995. The highest BCUT2D eigenvalue weighted by atomic mass is 19.1. The second-order valence-electron chi connectivity index (χ2n) is 4.70. The summed E-state index contributed by atoms with van der Waals surface area (Å²) >= 11 is 0. The Kier molecular flexibility index (Phi) is 4.42. The molecule has 0 heterocycles. The monoisotopic (exact) mass is 287 g/mol. The highest BCUT2D eigenvalue weighted by Crippen LogP contribution is 2.30. The Morgan fingerprint density at radius 1 is 1.24 bits per heavy atom. The van der Waals surface area contributed by atoms with Gasteiger partial charge in [-0.2, -0.15) is 0 Å². The standard InChI is InChI=1S/C16H18FN3O/c1-3-20(12-9-7-11(2)8-10-12)14-6-4-5-13(17)15(14)16(18)19-21/h4-10,21H,3H2,1-2H3,(H2,18,19). The van der Waals surface area contributed by atoms with Gasteiger partial charge in [0.2, 0.25) is 0 Å². The molecule has 0 aromatic heterocycles. The van der Waals surface area contributed by atoms with Gasteiger partial charge in [-0.1, -0.05) is 28.9 Å². The first-order valence-corrected chi connectivity index (χ1v) is 6.69. The van der Waals surface area contributed by atoms with Crippen molar-refractivity contribution in [2.24, 2.45) is 10.9 Å². The number of hydrogen-bond donors (Lipinski definition) is 2. The van der Waals surface area contributed by atoms with Crippen LogP contribution in [0.2, 0.25) is 0 Å². The molecule has 0 saturated heterocycles. The van der Waals surface area contributed by atoms with Crippen molar-refractivity contribution in [3.63, 3.8) is 0 Å². The second-order valence-corrected chi connectivity index (χ2v) is 4.70. The third-order valence-electron chi connectivity index (χ3n) is 3.31. The first kappa shape index (κ1) is 14.8. The molecule has 2 aromatic rings. The van der Waals surface area contributed by atoms with Crippen molar-refractivity contribution in [3.05, 3.63) is 59.4 Å². The summed E-state index contributed by atoms with van der Waals surface area (Å²) in [5.41, 5.74) is 8.35. The van der Waals surface area contributed by atoms with E-state index in [1.165, 1.54) is 6.07 Å². The lowest BCUT2D eigenvalue weighted by atomic mass is 10.1. The minimum atomic E-state index is -0.520. The van der Waals surface area contributed by atoms with Crippen molar-refractivity contribution in [1.29, 1.82) is 0 Å². The molecular formula is C16H18FN3O. The highest BCUT2D eigenvalue weighted by molar-refractivity contribution is 6.03. The normalized spacial score (nSPS) is 11.5. The summed E-state index contributed by atoms with van der Waals surface area (Å²) in [6, 6.07) is 12.5. The number of nitrogens with zero attached hydrogens (tertiary/aromatic N) is 2. The molecule has 0 aliphatic heterocycles. The fourth-order valence-corrected chi connectivity index (χ4v) is 2.26. The number of amidine groups is 1.